The van der Waals surface area contributed by atoms with Gasteiger partial charge in [-0.15, -0.1) is 0 Å². The molecule has 7 nitrogen and oxygen atoms in total. The molecular weight excluding hydrogens is 448 g/mol. The predicted octanol–water partition coefficient (Wildman–Crippen LogP) is 4.21. The van der Waals surface area contributed by atoms with Crippen molar-refractivity contribution in [2.45, 2.75) is 31.1 Å². The summed E-state index contributed by atoms with van der Waals surface area (Å²) in [5.74, 6) is -0.0414. The molecule has 178 valence electrons. The molecule has 0 radical (unpaired) electrons. The molecule has 8 heteroatoms. The van der Waals surface area contributed by atoms with E-state index in [1.165, 1.54) is 0 Å². The largest absolute Gasteiger partial charge is 0.337 e. The summed E-state index contributed by atoms with van der Waals surface area (Å²) in [6.07, 6.45) is 10.6. The first-order chi connectivity index (χ1) is 16.4. The highest BCUT2D eigenvalue weighted by Crippen LogP contribution is 2.30. The van der Waals surface area contributed by atoms with Gasteiger partial charge in [-0.05, 0) is 74.2 Å². The topological polar surface area (TPSA) is 90.9 Å². The average molecular weight is 479 g/mol. The average Bonchev–Trinajstić information content (AvgIpc) is 3.13. The quantitative estimate of drug-likeness (QED) is 0.609. The number of para-hydroxylation sites is 1. The number of rotatable bonds is 6. The van der Waals surface area contributed by atoms with Crippen molar-refractivity contribution in [3.63, 3.8) is 0 Å². The Hall–Kier alpha value is -3.23. The number of aliphatic imine (C=N–C) groups is 1. The van der Waals surface area contributed by atoms with E-state index in [4.69, 9.17) is 0 Å². The lowest BCUT2D eigenvalue weighted by molar-refractivity contribution is 0.0766. The second-order valence-electron chi connectivity index (χ2n) is 8.47. The Morgan fingerprint density at radius 3 is 2.71 bits per heavy atom. The molecular formula is C26H30N4O3S. The lowest BCUT2D eigenvalue weighted by Gasteiger charge is -2.20. The molecule has 1 amide bonds. The molecule has 0 atom stereocenters. The zero-order valence-electron chi connectivity index (χ0n) is 19.3. The molecule has 1 aliphatic carbocycles. The van der Waals surface area contributed by atoms with Gasteiger partial charge in [-0.1, -0.05) is 30.4 Å². The summed E-state index contributed by atoms with van der Waals surface area (Å²) in [5, 5.41) is 3.28. The highest BCUT2D eigenvalue weighted by molar-refractivity contribution is 7.92. The van der Waals surface area contributed by atoms with Gasteiger partial charge in [-0.25, -0.2) is 8.42 Å². The molecule has 2 aromatic carbocycles. The van der Waals surface area contributed by atoms with E-state index in [9.17, 15) is 13.2 Å². The summed E-state index contributed by atoms with van der Waals surface area (Å²) in [5.41, 5.74) is 3.19. The molecule has 2 aliphatic rings. The van der Waals surface area contributed by atoms with E-state index < -0.39 is 10.0 Å². The van der Waals surface area contributed by atoms with Gasteiger partial charge < -0.3 is 10.2 Å². The molecule has 1 saturated heterocycles. The summed E-state index contributed by atoms with van der Waals surface area (Å²) in [6, 6.07) is 11.7. The van der Waals surface area contributed by atoms with E-state index in [1.807, 2.05) is 30.0 Å². The predicted molar refractivity (Wildman–Crippen MR) is 136 cm³/mol. The summed E-state index contributed by atoms with van der Waals surface area (Å²) in [6.45, 7) is 4.91. The normalized spacial score (nSPS) is 16.9. The van der Waals surface area contributed by atoms with Crippen LogP contribution in [-0.2, 0) is 10.0 Å². The Morgan fingerprint density at radius 1 is 1.12 bits per heavy atom. The maximum Gasteiger partial charge on any atom is 0.264 e. The van der Waals surface area contributed by atoms with Gasteiger partial charge in [-0.2, -0.15) is 0 Å². The second-order valence-corrected chi connectivity index (χ2v) is 10.1. The van der Waals surface area contributed by atoms with Crippen molar-refractivity contribution in [3.8, 4) is 0 Å². The highest BCUT2D eigenvalue weighted by Gasteiger charge is 2.21. The van der Waals surface area contributed by atoms with Gasteiger partial charge in [0.2, 0.25) is 0 Å². The molecule has 1 fully saturated rings. The molecule has 34 heavy (non-hydrogen) atoms. The van der Waals surface area contributed by atoms with Crippen LogP contribution in [0.4, 0.5) is 11.4 Å². The second kappa shape index (κ2) is 10.8. The number of allylic oxidation sites excluding steroid dienone is 4. The minimum atomic E-state index is -3.88. The number of amides is 1. The number of carbonyl (C=O) groups is 1. The third-order valence-electron chi connectivity index (χ3n) is 5.91. The zero-order valence-corrected chi connectivity index (χ0v) is 20.1. The fourth-order valence-corrected chi connectivity index (χ4v) is 5.30. The number of sulfonamides is 1. The van der Waals surface area contributed by atoms with Crippen LogP contribution < -0.4 is 10.0 Å². The summed E-state index contributed by atoms with van der Waals surface area (Å²) in [4.78, 5) is 19.3. The van der Waals surface area contributed by atoms with E-state index in [0.717, 1.165) is 43.5 Å². The fraction of sp³-hybridized carbons (Fsp3) is 0.308. The van der Waals surface area contributed by atoms with Crippen molar-refractivity contribution in [1.29, 1.82) is 0 Å². The van der Waals surface area contributed by atoms with Gasteiger partial charge >= 0.3 is 0 Å². The van der Waals surface area contributed by atoms with Crippen LogP contribution in [0.15, 0.2) is 76.2 Å². The van der Waals surface area contributed by atoms with Gasteiger partial charge in [0, 0.05) is 37.1 Å². The highest BCUT2D eigenvalue weighted by atomic mass is 32.2. The Kier molecular flexibility index (Phi) is 7.59. The monoisotopic (exact) mass is 478 g/mol. The molecule has 0 saturated carbocycles. The Bertz CT molecular complexity index is 1220. The van der Waals surface area contributed by atoms with E-state index in [1.54, 1.807) is 42.6 Å². The molecule has 0 bridgehead atoms. The van der Waals surface area contributed by atoms with E-state index >= 15 is 0 Å². The number of anilines is 1. The van der Waals surface area contributed by atoms with Crippen molar-refractivity contribution in [3.05, 3.63) is 77.4 Å². The number of aryl methyl sites for hydroxylation is 1. The standard InChI is InChI=1S/C26H30N4O3S/c1-20-7-5-10-24(25(20)28-19-21-8-3-2-4-9-21)34(32,33)29-23-13-11-22(12-14-23)26(31)30-17-6-15-27-16-18-30/h2-3,5,7-8,10-14,19,27,29H,4,6,9,15-18H2,1H3. The van der Waals surface area contributed by atoms with Crippen LogP contribution in [-0.4, -0.2) is 51.6 Å². The minimum absolute atomic E-state index is 0.0414. The molecule has 0 spiro atoms. The Morgan fingerprint density at radius 2 is 1.94 bits per heavy atom. The van der Waals surface area contributed by atoms with Gasteiger partial charge in [0.05, 0.1) is 5.69 Å². The van der Waals surface area contributed by atoms with Crippen molar-refractivity contribution >= 4 is 33.5 Å². The number of nitrogens with one attached hydrogen (secondary N) is 2. The lowest BCUT2D eigenvalue weighted by atomic mass is 10.1. The van der Waals surface area contributed by atoms with Crippen molar-refractivity contribution in [2.24, 2.45) is 4.99 Å². The van der Waals surface area contributed by atoms with Crippen LogP contribution in [0.2, 0.25) is 0 Å². The molecule has 0 unspecified atom stereocenters. The molecule has 2 aromatic rings. The maximum absolute atomic E-state index is 13.2. The van der Waals surface area contributed by atoms with Crippen LogP contribution in [0.5, 0.6) is 0 Å². The van der Waals surface area contributed by atoms with Crippen LogP contribution in [0, 0.1) is 6.92 Å². The van der Waals surface area contributed by atoms with E-state index in [0.29, 0.717) is 30.0 Å². The fourth-order valence-electron chi connectivity index (χ4n) is 4.01. The minimum Gasteiger partial charge on any atom is -0.337 e. The van der Waals surface area contributed by atoms with Crippen LogP contribution in [0.25, 0.3) is 0 Å². The summed E-state index contributed by atoms with van der Waals surface area (Å²) < 4.78 is 29.1. The van der Waals surface area contributed by atoms with Gasteiger partial charge in [-0.3, -0.25) is 14.5 Å². The van der Waals surface area contributed by atoms with Gasteiger partial charge in [0.25, 0.3) is 15.9 Å². The van der Waals surface area contributed by atoms with Gasteiger partial charge in [0.1, 0.15) is 4.90 Å². The third-order valence-corrected chi connectivity index (χ3v) is 7.32. The number of hydrogen-bond donors (Lipinski definition) is 2. The first kappa shape index (κ1) is 23.9. The smallest absolute Gasteiger partial charge is 0.264 e. The van der Waals surface area contributed by atoms with Crippen LogP contribution >= 0.6 is 0 Å². The molecule has 0 aromatic heterocycles. The summed E-state index contributed by atoms with van der Waals surface area (Å²) >= 11 is 0. The first-order valence-corrected chi connectivity index (χ1v) is 13.0. The van der Waals surface area contributed by atoms with Crippen LogP contribution in [0.3, 0.4) is 0 Å². The van der Waals surface area contributed by atoms with E-state index in [2.05, 4.69) is 21.1 Å². The number of carbonyl (C=O) groups excluding carboxylic acids is 1. The van der Waals surface area contributed by atoms with Crippen molar-refractivity contribution in [2.75, 3.05) is 30.9 Å². The summed E-state index contributed by atoms with van der Waals surface area (Å²) in [7, 11) is -3.88. The Balaban J connectivity index is 1.52. The van der Waals surface area contributed by atoms with Crippen LogP contribution in [0.1, 0.15) is 35.2 Å². The zero-order chi connectivity index (χ0) is 24.0. The molecule has 2 N–H and O–H groups in total. The number of nitrogens with zero attached hydrogens (tertiary/aromatic N) is 2. The lowest BCUT2D eigenvalue weighted by Crippen LogP contribution is -2.34. The maximum atomic E-state index is 13.2. The van der Waals surface area contributed by atoms with Crippen molar-refractivity contribution < 1.29 is 13.2 Å². The third kappa shape index (κ3) is 5.81. The number of benzene rings is 2. The molecule has 1 aliphatic heterocycles. The van der Waals surface area contributed by atoms with Gasteiger partial charge in [0.15, 0.2) is 0 Å². The van der Waals surface area contributed by atoms with E-state index in [-0.39, 0.29) is 10.8 Å². The first-order valence-electron chi connectivity index (χ1n) is 11.6. The Labute approximate surface area is 201 Å². The molecule has 1 heterocycles. The number of hydrogen-bond acceptors (Lipinski definition) is 5. The van der Waals surface area contributed by atoms with Crippen molar-refractivity contribution in [1.82, 2.24) is 10.2 Å². The SMILES string of the molecule is Cc1cccc(S(=O)(=O)Nc2ccc(C(=O)N3CCCNCC3)cc2)c1N=CC1=CC=CCC1. The molecule has 4 rings (SSSR count).